The SMILES string of the molecule is FC(F)(F)Oc1ccc2c(c1)C(NCC1CCOCC1)CC2. The second-order valence-corrected chi connectivity index (χ2v) is 5.96. The highest BCUT2D eigenvalue weighted by atomic mass is 19.4. The molecule has 1 heterocycles. The fourth-order valence-corrected chi connectivity index (χ4v) is 3.25. The van der Waals surface area contributed by atoms with Gasteiger partial charge in [-0.2, -0.15) is 0 Å². The van der Waals surface area contributed by atoms with Crippen LogP contribution in [0.5, 0.6) is 5.75 Å². The van der Waals surface area contributed by atoms with Crippen molar-refractivity contribution in [2.24, 2.45) is 5.92 Å². The van der Waals surface area contributed by atoms with Crippen LogP contribution in [0.15, 0.2) is 18.2 Å². The first-order chi connectivity index (χ1) is 10.5. The fourth-order valence-electron chi connectivity index (χ4n) is 3.25. The quantitative estimate of drug-likeness (QED) is 0.921. The average molecular weight is 315 g/mol. The molecule has 1 atom stereocenters. The van der Waals surface area contributed by atoms with E-state index < -0.39 is 6.36 Å². The number of hydrogen-bond acceptors (Lipinski definition) is 3. The highest BCUT2D eigenvalue weighted by Crippen LogP contribution is 2.35. The number of ether oxygens (including phenoxy) is 2. The van der Waals surface area contributed by atoms with Gasteiger partial charge in [0.15, 0.2) is 0 Å². The van der Waals surface area contributed by atoms with Gasteiger partial charge >= 0.3 is 6.36 Å². The van der Waals surface area contributed by atoms with Crippen LogP contribution in [0, 0.1) is 5.92 Å². The summed E-state index contributed by atoms with van der Waals surface area (Å²) in [4.78, 5) is 0. The third kappa shape index (κ3) is 3.93. The number of hydrogen-bond donors (Lipinski definition) is 1. The van der Waals surface area contributed by atoms with Crippen LogP contribution in [0.2, 0.25) is 0 Å². The third-order valence-corrected chi connectivity index (χ3v) is 4.42. The molecule has 3 nitrogen and oxygen atoms in total. The van der Waals surface area contributed by atoms with Gasteiger partial charge in [0.25, 0.3) is 0 Å². The highest BCUT2D eigenvalue weighted by Gasteiger charge is 2.32. The summed E-state index contributed by atoms with van der Waals surface area (Å²) >= 11 is 0. The minimum Gasteiger partial charge on any atom is -0.406 e. The number of benzene rings is 1. The van der Waals surface area contributed by atoms with E-state index in [2.05, 4.69) is 10.1 Å². The van der Waals surface area contributed by atoms with Crippen LogP contribution in [0.3, 0.4) is 0 Å². The lowest BCUT2D eigenvalue weighted by Crippen LogP contribution is -2.30. The summed E-state index contributed by atoms with van der Waals surface area (Å²) in [5.41, 5.74) is 2.05. The number of rotatable bonds is 4. The molecule has 1 aliphatic carbocycles. The number of halogens is 3. The van der Waals surface area contributed by atoms with Crippen molar-refractivity contribution in [3.8, 4) is 5.75 Å². The highest BCUT2D eigenvalue weighted by molar-refractivity contribution is 5.40. The summed E-state index contributed by atoms with van der Waals surface area (Å²) in [5.74, 6) is 0.457. The van der Waals surface area contributed by atoms with Gasteiger partial charge in [0.1, 0.15) is 5.75 Å². The predicted octanol–water partition coefficient (Wildman–Crippen LogP) is 3.59. The van der Waals surface area contributed by atoms with Gasteiger partial charge in [-0.25, -0.2) is 0 Å². The van der Waals surface area contributed by atoms with E-state index in [0.29, 0.717) is 5.92 Å². The second-order valence-electron chi connectivity index (χ2n) is 5.96. The molecule has 0 amide bonds. The molecule has 1 fully saturated rings. The fraction of sp³-hybridized carbons (Fsp3) is 0.625. The van der Waals surface area contributed by atoms with Gasteiger partial charge in [-0.3, -0.25) is 0 Å². The molecule has 1 aromatic carbocycles. The monoisotopic (exact) mass is 315 g/mol. The van der Waals surface area contributed by atoms with E-state index in [-0.39, 0.29) is 11.8 Å². The maximum Gasteiger partial charge on any atom is 0.573 e. The number of fused-ring (bicyclic) bond motifs is 1. The Bertz CT molecular complexity index is 513. The number of alkyl halides is 3. The Labute approximate surface area is 127 Å². The molecular formula is C16H20F3NO2. The maximum atomic E-state index is 12.3. The Balaban J connectivity index is 1.63. The molecule has 1 aromatic rings. The minimum atomic E-state index is -4.64. The van der Waals surface area contributed by atoms with Crippen LogP contribution >= 0.6 is 0 Å². The molecule has 0 radical (unpaired) electrons. The Kier molecular flexibility index (Phi) is 4.59. The summed E-state index contributed by atoms with van der Waals surface area (Å²) < 4.78 is 46.4. The van der Waals surface area contributed by atoms with Crippen molar-refractivity contribution in [3.63, 3.8) is 0 Å². The van der Waals surface area contributed by atoms with Crippen molar-refractivity contribution in [1.29, 1.82) is 0 Å². The number of aryl methyl sites for hydroxylation is 1. The first kappa shape index (κ1) is 15.6. The van der Waals surface area contributed by atoms with Crippen LogP contribution in [0.25, 0.3) is 0 Å². The smallest absolute Gasteiger partial charge is 0.406 e. The van der Waals surface area contributed by atoms with Gasteiger partial charge < -0.3 is 14.8 Å². The van der Waals surface area contributed by atoms with Gasteiger partial charge in [-0.05, 0) is 61.4 Å². The lowest BCUT2D eigenvalue weighted by molar-refractivity contribution is -0.274. The molecule has 22 heavy (non-hydrogen) atoms. The van der Waals surface area contributed by atoms with Crippen molar-refractivity contribution in [1.82, 2.24) is 5.32 Å². The molecular weight excluding hydrogens is 295 g/mol. The Morgan fingerprint density at radius 1 is 1.18 bits per heavy atom. The zero-order valence-electron chi connectivity index (χ0n) is 12.3. The molecule has 0 spiro atoms. The van der Waals surface area contributed by atoms with Gasteiger partial charge in [-0.15, -0.1) is 13.2 Å². The summed E-state index contributed by atoms with van der Waals surface area (Å²) in [5, 5.41) is 3.51. The van der Waals surface area contributed by atoms with Crippen LogP contribution in [0.4, 0.5) is 13.2 Å². The molecule has 1 N–H and O–H groups in total. The Morgan fingerprint density at radius 2 is 1.95 bits per heavy atom. The van der Waals surface area contributed by atoms with E-state index in [1.807, 2.05) is 0 Å². The molecule has 6 heteroatoms. The first-order valence-corrected chi connectivity index (χ1v) is 7.71. The summed E-state index contributed by atoms with van der Waals surface area (Å²) in [7, 11) is 0. The zero-order valence-corrected chi connectivity index (χ0v) is 12.3. The molecule has 1 aliphatic heterocycles. The third-order valence-electron chi connectivity index (χ3n) is 4.42. The summed E-state index contributed by atoms with van der Waals surface area (Å²) in [6.45, 7) is 2.49. The molecule has 0 aromatic heterocycles. The van der Waals surface area contributed by atoms with Crippen molar-refractivity contribution in [2.45, 2.75) is 38.1 Å². The van der Waals surface area contributed by atoms with Gasteiger partial charge in [0.05, 0.1) is 0 Å². The molecule has 0 bridgehead atoms. The van der Waals surface area contributed by atoms with Crippen LogP contribution in [-0.2, 0) is 11.2 Å². The molecule has 122 valence electrons. The molecule has 1 saturated heterocycles. The van der Waals surface area contributed by atoms with Crippen LogP contribution in [0.1, 0.15) is 36.4 Å². The van der Waals surface area contributed by atoms with Crippen LogP contribution in [-0.4, -0.2) is 26.1 Å². The van der Waals surface area contributed by atoms with Crippen molar-refractivity contribution in [2.75, 3.05) is 19.8 Å². The average Bonchev–Trinajstić information content (AvgIpc) is 2.87. The Morgan fingerprint density at radius 3 is 2.68 bits per heavy atom. The van der Waals surface area contributed by atoms with E-state index in [1.54, 1.807) is 6.07 Å². The Hall–Kier alpha value is -1.27. The van der Waals surface area contributed by atoms with Crippen molar-refractivity contribution in [3.05, 3.63) is 29.3 Å². The van der Waals surface area contributed by atoms with E-state index >= 15 is 0 Å². The number of nitrogens with one attached hydrogen (secondary N) is 1. The summed E-state index contributed by atoms with van der Waals surface area (Å²) in [6.07, 6.45) is -0.730. The molecule has 3 rings (SSSR count). The largest absolute Gasteiger partial charge is 0.573 e. The van der Waals surface area contributed by atoms with Gasteiger partial charge in [0.2, 0.25) is 0 Å². The topological polar surface area (TPSA) is 30.5 Å². The maximum absolute atomic E-state index is 12.3. The predicted molar refractivity (Wildman–Crippen MR) is 75.7 cm³/mol. The second kappa shape index (κ2) is 6.46. The molecule has 0 saturated carbocycles. The molecule has 2 aliphatic rings. The van der Waals surface area contributed by atoms with Gasteiger partial charge in [0, 0.05) is 19.3 Å². The first-order valence-electron chi connectivity index (χ1n) is 7.71. The van der Waals surface area contributed by atoms with E-state index in [4.69, 9.17) is 4.74 Å². The standard InChI is InChI=1S/C16H20F3NO2/c17-16(18,19)22-13-3-1-12-2-4-15(14(12)9-13)20-10-11-5-7-21-8-6-11/h1,3,9,11,15,20H,2,4-8,10H2. The van der Waals surface area contributed by atoms with E-state index in [1.165, 1.54) is 12.1 Å². The lowest BCUT2D eigenvalue weighted by Gasteiger charge is -2.24. The summed E-state index contributed by atoms with van der Waals surface area (Å²) in [6, 6.07) is 4.78. The van der Waals surface area contributed by atoms with Crippen molar-refractivity contribution < 1.29 is 22.6 Å². The van der Waals surface area contributed by atoms with E-state index in [0.717, 1.165) is 56.6 Å². The zero-order chi connectivity index (χ0) is 15.6. The van der Waals surface area contributed by atoms with E-state index in [9.17, 15) is 13.2 Å². The normalized spacial score (nSPS) is 22.6. The van der Waals surface area contributed by atoms with Gasteiger partial charge in [-0.1, -0.05) is 6.07 Å². The van der Waals surface area contributed by atoms with Crippen molar-refractivity contribution >= 4 is 0 Å². The van der Waals surface area contributed by atoms with Crippen LogP contribution < -0.4 is 10.1 Å². The minimum absolute atomic E-state index is 0.120. The molecule has 1 unspecified atom stereocenters. The lowest BCUT2D eigenvalue weighted by atomic mass is 9.99.